The smallest absolute Gasteiger partial charge is 0.230 e. The quantitative estimate of drug-likeness (QED) is 0.873. The lowest BCUT2D eigenvalue weighted by Gasteiger charge is -2.39. The Balaban J connectivity index is 1.70. The summed E-state index contributed by atoms with van der Waals surface area (Å²) in [5.41, 5.74) is 1.89. The molecule has 3 rings (SSSR count). The molecule has 27 heavy (non-hydrogen) atoms. The van der Waals surface area contributed by atoms with Crippen molar-refractivity contribution in [2.75, 3.05) is 37.0 Å². The van der Waals surface area contributed by atoms with Crippen molar-refractivity contribution in [2.45, 2.75) is 25.9 Å². The zero-order valence-corrected chi connectivity index (χ0v) is 15.8. The highest BCUT2D eigenvalue weighted by Gasteiger charge is 2.27. The molecule has 0 saturated carbocycles. The maximum absolute atomic E-state index is 12.9. The Morgan fingerprint density at radius 2 is 2.19 bits per heavy atom. The minimum Gasteiger partial charge on any atom is -0.494 e. The number of ether oxygens (including phenoxy) is 2. The molecule has 1 N–H and O–H groups in total. The Bertz CT molecular complexity index is 809. The molecule has 1 aliphatic heterocycles. The number of benzene rings is 1. The Kier molecular flexibility index (Phi) is 5.60. The highest BCUT2D eigenvalue weighted by Crippen LogP contribution is 2.32. The van der Waals surface area contributed by atoms with Crippen LogP contribution in [0.15, 0.2) is 36.5 Å². The lowest BCUT2D eigenvalue weighted by molar-refractivity contribution is -0.115. The maximum atomic E-state index is 12.9. The van der Waals surface area contributed by atoms with E-state index < -0.39 is 5.82 Å². The van der Waals surface area contributed by atoms with Gasteiger partial charge in [-0.3, -0.25) is 9.78 Å². The molecule has 0 spiro atoms. The van der Waals surface area contributed by atoms with Crippen LogP contribution < -0.4 is 15.0 Å². The van der Waals surface area contributed by atoms with Crippen molar-refractivity contribution in [3.8, 4) is 5.75 Å². The number of carbonyl (C=O) groups is 1. The SMILES string of the molecule is COc1cc(N2CCOC(C)(C)C2)ccc1NC(=O)Cc1ccc(F)cn1. The van der Waals surface area contributed by atoms with Crippen molar-refractivity contribution in [3.05, 3.63) is 48.0 Å². The molecule has 1 fully saturated rings. The van der Waals surface area contributed by atoms with Crippen molar-refractivity contribution >= 4 is 17.3 Å². The molecule has 1 aromatic heterocycles. The topological polar surface area (TPSA) is 63.7 Å². The van der Waals surface area contributed by atoms with E-state index in [-0.39, 0.29) is 17.9 Å². The van der Waals surface area contributed by atoms with Crippen molar-refractivity contribution in [2.24, 2.45) is 0 Å². The molecule has 1 aliphatic rings. The molecule has 1 saturated heterocycles. The first-order chi connectivity index (χ1) is 12.9. The first kappa shape index (κ1) is 19.1. The van der Waals surface area contributed by atoms with Gasteiger partial charge in [0, 0.05) is 30.5 Å². The minimum absolute atomic E-state index is 0.0584. The highest BCUT2D eigenvalue weighted by molar-refractivity contribution is 5.93. The molecule has 0 aliphatic carbocycles. The van der Waals surface area contributed by atoms with E-state index in [0.29, 0.717) is 23.7 Å². The van der Waals surface area contributed by atoms with Crippen LogP contribution in [0, 0.1) is 5.82 Å². The summed E-state index contributed by atoms with van der Waals surface area (Å²) in [6.45, 7) is 6.37. The number of aromatic nitrogens is 1. The minimum atomic E-state index is -0.428. The maximum Gasteiger partial charge on any atom is 0.230 e. The Morgan fingerprint density at radius 1 is 1.37 bits per heavy atom. The van der Waals surface area contributed by atoms with Crippen LogP contribution in [0.3, 0.4) is 0 Å². The van der Waals surface area contributed by atoms with Gasteiger partial charge in [0.1, 0.15) is 11.6 Å². The molecule has 1 amide bonds. The van der Waals surface area contributed by atoms with Crippen LogP contribution in [-0.4, -0.2) is 43.3 Å². The average Bonchev–Trinajstić information content (AvgIpc) is 2.63. The molecule has 0 radical (unpaired) electrons. The van der Waals surface area contributed by atoms with Crippen LogP contribution in [0.4, 0.5) is 15.8 Å². The fourth-order valence-electron chi connectivity index (χ4n) is 3.09. The normalized spacial score (nSPS) is 16.1. The number of hydrogen-bond acceptors (Lipinski definition) is 5. The summed E-state index contributed by atoms with van der Waals surface area (Å²) < 4.78 is 24.1. The molecule has 0 bridgehead atoms. The number of rotatable bonds is 5. The average molecular weight is 373 g/mol. The van der Waals surface area contributed by atoms with E-state index in [4.69, 9.17) is 9.47 Å². The summed E-state index contributed by atoms with van der Waals surface area (Å²) in [7, 11) is 1.57. The molecular formula is C20H24FN3O3. The fraction of sp³-hybridized carbons (Fsp3) is 0.400. The second kappa shape index (κ2) is 7.92. The van der Waals surface area contributed by atoms with Crippen LogP contribution in [0.5, 0.6) is 5.75 Å². The number of amides is 1. The molecule has 2 heterocycles. The Hall–Kier alpha value is -2.67. The van der Waals surface area contributed by atoms with Crippen LogP contribution in [0.25, 0.3) is 0 Å². The summed E-state index contributed by atoms with van der Waals surface area (Å²) in [5.74, 6) is -0.0902. The van der Waals surface area contributed by atoms with Crippen molar-refractivity contribution in [3.63, 3.8) is 0 Å². The number of anilines is 2. The molecular weight excluding hydrogens is 349 g/mol. The Labute approximate surface area is 158 Å². The van der Waals surface area contributed by atoms with Gasteiger partial charge in [0.25, 0.3) is 0 Å². The molecule has 144 valence electrons. The molecule has 6 nitrogen and oxygen atoms in total. The first-order valence-corrected chi connectivity index (χ1v) is 8.83. The van der Waals surface area contributed by atoms with E-state index >= 15 is 0 Å². The van der Waals surface area contributed by atoms with Crippen LogP contribution in [-0.2, 0) is 16.0 Å². The van der Waals surface area contributed by atoms with Gasteiger partial charge in [-0.05, 0) is 38.1 Å². The summed E-state index contributed by atoms with van der Waals surface area (Å²) in [5, 5.41) is 2.83. The van der Waals surface area contributed by atoms with Gasteiger partial charge in [0.2, 0.25) is 5.91 Å². The van der Waals surface area contributed by atoms with E-state index in [9.17, 15) is 9.18 Å². The summed E-state index contributed by atoms with van der Waals surface area (Å²) in [6.07, 6.45) is 1.16. The predicted molar refractivity (Wildman–Crippen MR) is 102 cm³/mol. The number of nitrogens with zero attached hydrogens (tertiary/aromatic N) is 2. The number of pyridine rings is 1. The second-order valence-corrected chi connectivity index (χ2v) is 7.11. The van der Waals surface area contributed by atoms with Crippen LogP contribution in [0.2, 0.25) is 0 Å². The van der Waals surface area contributed by atoms with Crippen molar-refractivity contribution in [1.82, 2.24) is 4.98 Å². The zero-order valence-electron chi connectivity index (χ0n) is 15.8. The van der Waals surface area contributed by atoms with E-state index in [1.165, 1.54) is 12.1 Å². The van der Waals surface area contributed by atoms with Crippen molar-refractivity contribution < 1.29 is 18.7 Å². The largest absolute Gasteiger partial charge is 0.494 e. The summed E-state index contributed by atoms with van der Waals surface area (Å²) in [4.78, 5) is 18.4. The van der Waals surface area contributed by atoms with Gasteiger partial charge in [0.05, 0.1) is 37.6 Å². The van der Waals surface area contributed by atoms with Gasteiger partial charge in [0.15, 0.2) is 0 Å². The van der Waals surface area contributed by atoms with E-state index in [2.05, 4.69) is 29.0 Å². The molecule has 0 atom stereocenters. The third kappa shape index (κ3) is 4.95. The van der Waals surface area contributed by atoms with E-state index in [1.807, 2.05) is 18.2 Å². The number of nitrogens with one attached hydrogen (secondary N) is 1. The number of methoxy groups -OCH3 is 1. The fourth-order valence-corrected chi connectivity index (χ4v) is 3.09. The third-order valence-electron chi connectivity index (χ3n) is 4.38. The molecule has 0 unspecified atom stereocenters. The van der Waals surface area contributed by atoms with Gasteiger partial charge in [-0.2, -0.15) is 0 Å². The van der Waals surface area contributed by atoms with Gasteiger partial charge >= 0.3 is 0 Å². The second-order valence-electron chi connectivity index (χ2n) is 7.11. The van der Waals surface area contributed by atoms with E-state index in [0.717, 1.165) is 25.0 Å². The summed E-state index contributed by atoms with van der Waals surface area (Å²) in [6, 6.07) is 8.47. The molecule has 7 heteroatoms. The predicted octanol–water partition coefficient (Wildman–Crippen LogP) is 3.03. The molecule has 1 aromatic carbocycles. The number of morpholine rings is 1. The lowest BCUT2D eigenvalue weighted by atomic mass is 10.1. The highest BCUT2D eigenvalue weighted by atomic mass is 19.1. The lowest BCUT2D eigenvalue weighted by Crippen LogP contribution is -2.48. The van der Waals surface area contributed by atoms with Gasteiger partial charge in [-0.1, -0.05) is 0 Å². The zero-order chi connectivity index (χ0) is 19.4. The van der Waals surface area contributed by atoms with Gasteiger partial charge < -0.3 is 19.7 Å². The third-order valence-corrected chi connectivity index (χ3v) is 4.38. The van der Waals surface area contributed by atoms with Gasteiger partial charge in [-0.25, -0.2) is 4.39 Å². The van der Waals surface area contributed by atoms with Crippen molar-refractivity contribution in [1.29, 1.82) is 0 Å². The molecule has 2 aromatic rings. The summed E-state index contributed by atoms with van der Waals surface area (Å²) >= 11 is 0. The monoisotopic (exact) mass is 373 g/mol. The standard InChI is InChI=1S/C20H24FN3O3/c1-20(2)13-24(8-9-27-20)16-6-7-17(18(11-16)26-3)23-19(25)10-15-5-4-14(21)12-22-15/h4-7,11-12H,8-10,13H2,1-3H3,(H,23,25). The number of halogens is 1. The number of carbonyl (C=O) groups excluding carboxylic acids is 1. The van der Waals surface area contributed by atoms with Crippen LogP contribution in [0.1, 0.15) is 19.5 Å². The van der Waals surface area contributed by atoms with Gasteiger partial charge in [-0.15, -0.1) is 0 Å². The van der Waals surface area contributed by atoms with E-state index in [1.54, 1.807) is 7.11 Å². The first-order valence-electron chi connectivity index (χ1n) is 8.83. The number of hydrogen-bond donors (Lipinski definition) is 1. The Morgan fingerprint density at radius 3 is 2.85 bits per heavy atom. The van der Waals surface area contributed by atoms with Crippen LogP contribution >= 0.6 is 0 Å².